The molecule has 3 aromatic rings. The maximum atomic E-state index is 12.8. The van der Waals surface area contributed by atoms with Gasteiger partial charge in [-0.2, -0.15) is 0 Å². The Kier molecular flexibility index (Phi) is 5.48. The van der Waals surface area contributed by atoms with Gasteiger partial charge in [-0.05, 0) is 63.1 Å². The van der Waals surface area contributed by atoms with E-state index in [9.17, 15) is 4.79 Å². The molecular formula is C22H28N4O2. The number of nitrogens with zero attached hydrogens (tertiary/aromatic N) is 3. The molecule has 1 aromatic carbocycles. The van der Waals surface area contributed by atoms with Crippen molar-refractivity contribution in [2.45, 2.75) is 46.2 Å². The standard InChI is InChI=1S/C22H28N4O2/c1-3-10-26-16(2)23-20-13-18(8-9-21(20)26)24-22(27)17-6-4-11-25(14-17)15-19-7-5-12-28-19/h5,7-9,12-13,17H,3-4,6,10-11,14-15H2,1-2H3,(H,24,27). The number of aryl methyl sites for hydroxylation is 2. The Morgan fingerprint density at radius 3 is 3.04 bits per heavy atom. The van der Waals surface area contributed by atoms with Gasteiger partial charge in [0.25, 0.3) is 0 Å². The van der Waals surface area contributed by atoms with E-state index in [1.165, 1.54) is 0 Å². The fourth-order valence-electron chi connectivity index (χ4n) is 4.11. The molecule has 1 aliphatic rings. The fraction of sp³-hybridized carbons (Fsp3) is 0.455. The van der Waals surface area contributed by atoms with Gasteiger partial charge in [0, 0.05) is 18.8 Å². The van der Waals surface area contributed by atoms with Gasteiger partial charge in [-0.1, -0.05) is 6.92 Å². The molecule has 0 aliphatic carbocycles. The fourth-order valence-corrected chi connectivity index (χ4v) is 4.11. The van der Waals surface area contributed by atoms with Crippen molar-refractivity contribution in [1.82, 2.24) is 14.5 Å². The number of rotatable bonds is 6. The highest BCUT2D eigenvalue weighted by Crippen LogP contribution is 2.24. The van der Waals surface area contributed by atoms with Crippen molar-refractivity contribution in [2.24, 2.45) is 5.92 Å². The lowest BCUT2D eigenvalue weighted by atomic mass is 9.97. The average Bonchev–Trinajstić information content (AvgIpc) is 3.30. The first-order valence-corrected chi connectivity index (χ1v) is 10.2. The van der Waals surface area contributed by atoms with Crippen LogP contribution in [0.4, 0.5) is 5.69 Å². The van der Waals surface area contributed by atoms with E-state index < -0.39 is 0 Å². The number of benzene rings is 1. The van der Waals surface area contributed by atoms with E-state index in [1.54, 1.807) is 6.26 Å². The highest BCUT2D eigenvalue weighted by atomic mass is 16.3. The van der Waals surface area contributed by atoms with Gasteiger partial charge >= 0.3 is 0 Å². The van der Waals surface area contributed by atoms with E-state index >= 15 is 0 Å². The van der Waals surface area contributed by atoms with Crippen LogP contribution in [0.1, 0.15) is 37.8 Å². The molecule has 1 amide bonds. The van der Waals surface area contributed by atoms with Crippen molar-refractivity contribution in [3.05, 3.63) is 48.2 Å². The smallest absolute Gasteiger partial charge is 0.228 e. The number of furan rings is 1. The molecule has 6 nitrogen and oxygen atoms in total. The topological polar surface area (TPSA) is 63.3 Å². The summed E-state index contributed by atoms with van der Waals surface area (Å²) < 4.78 is 7.68. The van der Waals surface area contributed by atoms with Crippen molar-refractivity contribution in [2.75, 3.05) is 18.4 Å². The lowest BCUT2D eigenvalue weighted by Crippen LogP contribution is -2.40. The summed E-state index contributed by atoms with van der Waals surface area (Å²) in [5.74, 6) is 2.05. The molecule has 0 radical (unpaired) electrons. The Morgan fingerprint density at radius 1 is 1.36 bits per heavy atom. The third-order valence-corrected chi connectivity index (χ3v) is 5.49. The number of carbonyl (C=O) groups is 1. The molecule has 2 aromatic heterocycles. The Bertz CT molecular complexity index is 945. The predicted molar refractivity (Wildman–Crippen MR) is 110 cm³/mol. The molecule has 1 aliphatic heterocycles. The van der Waals surface area contributed by atoms with Crippen molar-refractivity contribution in [1.29, 1.82) is 0 Å². The number of likely N-dealkylation sites (tertiary alicyclic amines) is 1. The zero-order valence-corrected chi connectivity index (χ0v) is 16.6. The van der Waals surface area contributed by atoms with Crippen LogP contribution in [0.15, 0.2) is 41.0 Å². The number of piperidine rings is 1. The summed E-state index contributed by atoms with van der Waals surface area (Å²) in [4.78, 5) is 19.8. The molecule has 6 heteroatoms. The molecule has 1 saturated heterocycles. The summed E-state index contributed by atoms with van der Waals surface area (Å²) >= 11 is 0. The summed E-state index contributed by atoms with van der Waals surface area (Å²) in [6.45, 7) is 7.69. The molecule has 4 rings (SSSR count). The van der Waals surface area contributed by atoms with E-state index in [-0.39, 0.29) is 11.8 Å². The summed E-state index contributed by atoms with van der Waals surface area (Å²) in [7, 11) is 0. The predicted octanol–water partition coefficient (Wildman–Crippen LogP) is 4.20. The van der Waals surface area contributed by atoms with Crippen molar-refractivity contribution < 1.29 is 9.21 Å². The number of carbonyl (C=O) groups excluding carboxylic acids is 1. The van der Waals surface area contributed by atoms with Crippen LogP contribution < -0.4 is 5.32 Å². The number of hydrogen-bond acceptors (Lipinski definition) is 4. The quantitative estimate of drug-likeness (QED) is 0.696. The highest BCUT2D eigenvalue weighted by molar-refractivity contribution is 5.94. The number of fused-ring (bicyclic) bond motifs is 1. The molecule has 0 bridgehead atoms. The van der Waals surface area contributed by atoms with E-state index in [1.807, 2.05) is 31.2 Å². The molecule has 1 unspecified atom stereocenters. The van der Waals surface area contributed by atoms with Gasteiger partial charge in [-0.15, -0.1) is 0 Å². The zero-order valence-electron chi connectivity index (χ0n) is 16.6. The van der Waals surface area contributed by atoms with Crippen LogP contribution in [0.2, 0.25) is 0 Å². The van der Waals surface area contributed by atoms with Crippen molar-refractivity contribution >= 4 is 22.6 Å². The van der Waals surface area contributed by atoms with Crippen LogP contribution in [0, 0.1) is 12.8 Å². The first-order valence-electron chi connectivity index (χ1n) is 10.2. The lowest BCUT2D eigenvalue weighted by Gasteiger charge is -2.31. The minimum atomic E-state index is -0.00112. The largest absolute Gasteiger partial charge is 0.468 e. The minimum absolute atomic E-state index is 0.00112. The van der Waals surface area contributed by atoms with E-state index in [0.717, 1.165) is 73.7 Å². The molecule has 148 valence electrons. The molecule has 1 atom stereocenters. The maximum Gasteiger partial charge on any atom is 0.228 e. The van der Waals surface area contributed by atoms with Crippen LogP contribution in [0.3, 0.4) is 0 Å². The summed E-state index contributed by atoms with van der Waals surface area (Å²) in [5.41, 5.74) is 2.88. The SMILES string of the molecule is CCCn1c(C)nc2cc(NC(=O)C3CCCN(Cc4ccco4)C3)ccc21. The Balaban J connectivity index is 1.42. The second-order valence-electron chi connectivity index (χ2n) is 7.66. The molecule has 28 heavy (non-hydrogen) atoms. The van der Waals surface area contributed by atoms with Crippen LogP contribution in [0.25, 0.3) is 11.0 Å². The van der Waals surface area contributed by atoms with Gasteiger partial charge in [0.2, 0.25) is 5.91 Å². The third-order valence-electron chi connectivity index (χ3n) is 5.49. The van der Waals surface area contributed by atoms with E-state index in [0.29, 0.717) is 0 Å². The Morgan fingerprint density at radius 2 is 2.25 bits per heavy atom. The first kappa shape index (κ1) is 18.7. The zero-order chi connectivity index (χ0) is 19.5. The van der Waals surface area contributed by atoms with E-state index in [2.05, 4.69) is 32.8 Å². The second-order valence-corrected chi connectivity index (χ2v) is 7.66. The number of amides is 1. The van der Waals surface area contributed by atoms with Gasteiger partial charge in [0.05, 0.1) is 29.8 Å². The Labute approximate surface area is 165 Å². The summed E-state index contributed by atoms with van der Waals surface area (Å²) in [6, 6.07) is 9.92. The molecule has 3 heterocycles. The van der Waals surface area contributed by atoms with Gasteiger partial charge in [-0.25, -0.2) is 4.98 Å². The molecule has 0 saturated carbocycles. The highest BCUT2D eigenvalue weighted by Gasteiger charge is 2.26. The molecular weight excluding hydrogens is 352 g/mol. The van der Waals surface area contributed by atoms with Crippen LogP contribution in [0.5, 0.6) is 0 Å². The van der Waals surface area contributed by atoms with Crippen molar-refractivity contribution in [3.63, 3.8) is 0 Å². The maximum absolute atomic E-state index is 12.8. The number of hydrogen-bond donors (Lipinski definition) is 1. The minimum Gasteiger partial charge on any atom is -0.468 e. The molecule has 1 N–H and O–H groups in total. The van der Waals surface area contributed by atoms with Crippen LogP contribution in [-0.4, -0.2) is 33.4 Å². The normalized spacial score (nSPS) is 17.9. The average molecular weight is 380 g/mol. The number of nitrogens with one attached hydrogen (secondary N) is 1. The van der Waals surface area contributed by atoms with Crippen LogP contribution >= 0.6 is 0 Å². The second kappa shape index (κ2) is 8.19. The number of anilines is 1. The number of aromatic nitrogens is 2. The van der Waals surface area contributed by atoms with Crippen LogP contribution in [-0.2, 0) is 17.9 Å². The third kappa shape index (κ3) is 3.97. The molecule has 0 spiro atoms. The first-order chi connectivity index (χ1) is 13.6. The Hall–Kier alpha value is -2.60. The molecule has 1 fully saturated rings. The van der Waals surface area contributed by atoms with Gasteiger partial charge in [0.15, 0.2) is 0 Å². The number of imidazole rings is 1. The monoisotopic (exact) mass is 380 g/mol. The summed E-state index contributed by atoms with van der Waals surface area (Å²) in [6.07, 6.45) is 4.72. The van der Waals surface area contributed by atoms with Gasteiger partial charge < -0.3 is 14.3 Å². The summed E-state index contributed by atoms with van der Waals surface area (Å²) in [5, 5.41) is 3.11. The lowest BCUT2D eigenvalue weighted by molar-refractivity contribution is -0.121. The van der Waals surface area contributed by atoms with Gasteiger partial charge in [0.1, 0.15) is 11.6 Å². The van der Waals surface area contributed by atoms with E-state index in [4.69, 9.17) is 4.42 Å². The van der Waals surface area contributed by atoms with Crippen molar-refractivity contribution in [3.8, 4) is 0 Å². The van der Waals surface area contributed by atoms with Gasteiger partial charge in [-0.3, -0.25) is 9.69 Å².